The lowest BCUT2D eigenvalue weighted by Gasteiger charge is -2.43. The third-order valence-electron chi connectivity index (χ3n) is 5.94. The molecule has 0 saturated heterocycles. The number of quaternary nitrogens is 1. The molecule has 0 aromatic heterocycles. The summed E-state index contributed by atoms with van der Waals surface area (Å²) in [5, 5.41) is 0. The van der Waals surface area contributed by atoms with Crippen LogP contribution in [0.5, 0.6) is 0 Å². The van der Waals surface area contributed by atoms with E-state index in [0.29, 0.717) is 0 Å². The molecule has 0 atom stereocenters. The van der Waals surface area contributed by atoms with Gasteiger partial charge in [0.15, 0.2) is 0 Å². The summed E-state index contributed by atoms with van der Waals surface area (Å²) in [6, 6.07) is 43.0. The predicted octanol–water partition coefficient (Wildman–Crippen LogP) is 4.52. The second-order valence-corrected chi connectivity index (χ2v) is 7.91. The van der Waals surface area contributed by atoms with Crippen LogP contribution in [0.25, 0.3) is 0 Å². The normalized spacial score (nSPS) is 10.7. The molecule has 0 heterocycles. The van der Waals surface area contributed by atoms with Gasteiger partial charge in [0.25, 0.3) is 0 Å². The molecule has 4 rings (SSSR count). The third-order valence-corrected chi connectivity index (χ3v) is 5.94. The van der Waals surface area contributed by atoms with Crippen LogP contribution >= 0.6 is 0 Å². The molecule has 0 radical (unpaired) electrons. The van der Waals surface area contributed by atoms with Gasteiger partial charge in [0.1, 0.15) is 5.69 Å². The zero-order valence-corrected chi connectivity index (χ0v) is 18.0. The van der Waals surface area contributed by atoms with E-state index in [2.05, 4.69) is 104 Å². The summed E-state index contributed by atoms with van der Waals surface area (Å²) < 4.78 is 0. The molecule has 4 aromatic rings. The van der Waals surface area contributed by atoms with E-state index in [1.807, 2.05) is 30.3 Å². The molecule has 1 nitrogen and oxygen atoms in total. The molecule has 2 heteroatoms. The Balaban J connectivity index is 0.000000310. The van der Waals surface area contributed by atoms with Gasteiger partial charge in [-0.15, -0.1) is 0 Å². The summed E-state index contributed by atoms with van der Waals surface area (Å²) in [5.41, 5.74) is 9.12. The maximum atomic E-state index is 3.72. The van der Waals surface area contributed by atoms with Crippen LogP contribution in [0, 0.1) is 0 Å². The molecule has 30 heavy (non-hydrogen) atoms. The summed E-state index contributed by atoms with van der Waals surface area (Å²) in [5.74, 6) is 0. The smallest absolute Gasteiger partial charge is 0.127 e. The number of rotatable bonds is 6. The van der Waals surface area contributed by atoms with Gasteiger partial charge in [-0.05, 0) is 12.1 Å². The Kier molecular flexibility index (Phi) is 8.06. The second kappa shape index (κ2) is 11.2. The Morgan fingerprint density at radius 1 is 0.533 bits per heavy atom. The Hall–Kier alpha value is -3.10. The van der Waals surface area contributed by atoms with Crippen molar-refractivity contribution in [1.29, 1.82) is 0 Å². The number of benzene rings is 4. The van der Waals surface area contributed by atoms with Crippen LogP contribution in [-0.4, -0.2) is 6.15 Å². The quantitative estimate of drug-likeness (QED) is 0.467. The summed E-state index contributed by atoms with van der Waals surface area (Å²) in [6.07, 6.45) is 2.73. The fourth-order valence-electron chi connectivity index (χ4n) is 4.41. The van der Waals surface area contributed by atoms with E-state index in [1.165, 1.54) is 35.6 Å². The molecule has 0 aliphatic carbocycles. The Labute approximate surface area is 181 Å². The molecule has 0 unspecified atom stereocenters. The van der Waals surface area contributed by atoms with Crippen LogP contribution < -0.4 is 22.1 Å². The third kappa shape index (κ3) is 5.28. The Morgan fingerprint density at radius 2 is 0.867 bits per heavy atom. The van der Waals surface area contributed by atoms with Gasteiger partial charge in [0, 0.05) is 0 Å². The van der Waals surface area contributed by atoms with Crippen molar-refractivity contribution >= 4 is 28.2 Å². The van der Waals surface area contributed by atoms with E-state index in [9.17, 15) is 0 Å². The highest BCUT2D eigenvalue weighted by molar-refractivity contribution is 7.11. The Bertz CT molecular complexity index is 873. The predicted molar refractivity (Wildman–Crippen MR) is 133 cm³/mol. The van der Waals surface area contributed by atoms with Crippen molar-refractivity contribution in [3.8, 4) is 0 Å². The highest BCUT2D eigenvalue weighted by Crippen LogP contribution is 2.16. The van der Waals surface area contributed by atoms with Crippen molar-refractivity contribution in [2.45, 2.75) is 26.1 Å². The van der Waals surface area contributed by atoms with Crippen molar-refractivity contribution in [3.05, 3.63) is 121 Å². The van der Waals surface area contributed by atoms with Gasteiger partial charge in [-0.3, -0.25) is 0 Å². The van der Waals surface area contributed by atoms with Crippen molar-refractivity contribution in [2.75, 3.05) is 0 Å². The lowest BCUT2D eigenvalue weighted by atomic mass is 9.14. The first-order chi connectivity index (χ1) is 14.8. The van der Waals surface area contributed by atoms with Gasteiger partial charge < -0.3 is 5.73 Å². The summed E-state index contributed by atoms with van der Waals surface area (Å²) >= 11 is 0. The van der Waals surface area contributed by atoms with Crippen LogP contribution in [0.15, 0.2) is 121 Å². The maximum Gasteiger partial charge on any atom is 0.127 e. The number of hydrogen-bond donors (Lipinski definition) is 1. The second-order valence-electron chi connectivity index (χ2n) is 7.91. The van der Waals surface area contributed by atoms with E-state index in [0.717, 1.165) is 5.69 Å². The van der Waals surface area contributed by atoms with E-state index < -0.39 is 6.15 Å². The lowest BCUT2D eigenvalue weighted by Crippen LogP contribution is -2.66. The standard InChI is InChI=1S/C22H24B.C6H7N/c1-2-3-19-23(20-13-7-4-8-14-20,21-15-9-5-10-16-21)22-17-11-6-12-18-22;7-6-4-2-1-3-5-6/h4-18H,2-3,19H2,1H3;1-5H,7H2/q-1;/p+1. The van der Waals surface area contributed by atoms with Crippen molar-refractivity contribution < 1.29 is 5.73 Å². The maximum absolute atomic E-state index is 3.72. The van der Waals surface area contributed by atoms with Crippen LogP contribution in [0.3, 0.4) is 0 Å². The van der Waals surface area contributed by atoms with Crippen LogP contribution in [0.2, 0.25) is 6.32 Å². The highest BCUT2D eigenvalue weighted by atomic mass is 14.5. The summed E-state index contributed by atoms with van der Waals surface area (Å²) in [6.45, 7) is 2.28. The van der Waals surface area contributed by atoms with E-state index >= 15 is 0 Å². The topological polar surface area (TPSA) is 27.6 Å². The van der Waals surface area contributed by atoms with E-state index in [4.69, 9.17) is 0 Å². The molecule has 0 aliphatic heterocycles. The SMILES string of the molecule is CCCC[B-](c1ccccc1)(c1ccccc1)c1ccccc1.[NH3+]c1ccccc1. The molecule has 3 N–H and O–H groups in total. The minimum absolute atomic E-state index is 0.913. The molecule has 0 amide bonds. The molecule has 0 aliphatic rings. The number of hydrogen-bond acceptors (Lipinski definition) is 0. The monoisotopic (exact) mass is 393 g/mol. The first-order valence-corrected chi connectivity index (χ1v) is 11.0. The zero-order valence-electron chi connectivity index (χ0n) is 18.0. The van der Waals surface area contributed by atoms with Crippen molar-refractivity contribution in [1.82, 2.24) is 0 Å². The summed E-state index contributed by atoms with van der Waals surface area (Å²) in [7, 11) is 0. The molecular formula is C28H32BN. The van der Waals surface area contributed by atoms with Crippen LogP contribution in [0.4, 0.5) is 5.69 Å². The minimum Gasteiger partial charge on any atom is -0.325 e. The molecule has 4 aromatic carbocycles. The van der Waals surface area contributed by atoms with Gasteiger partial charge in [0.05, 0.1) is 6.15 Å². The number of unbranched alkanes of at least 4 members (excludes halogenated alkanes) is 1. The molecule has 152 valence electrons. The average molecular weight is 393 g/mol. The van der Waals surface area contributed by atoms with Gasteiger partial charge in [-0.25, -0.2) is 0 Å². The molecule has 0 fully saturated rings. The first kappa shape index (κ1) is 21.6. The van der Waals surface area contributed by atoms with E-state index in [1.54, 1.807) is 0 Å². The minimum atomic E-state index is -0.913. The molecule has 0 spiro atoms. The fourth-order valence-corrected chi connectivity index (χ4v) is 4.41. The molecule has 0 bridgehead atoms. The average Bonchev–Trinajstić information content (AvgIpc) is 2.83. The van der Waals surface area contributed by atoms with Gasteiger partial charge in [-0.2, -0.15) is 22.7 Å². The molecule has 0 saturated carbocycles. The van der Waals surface area contributed by atoms with Gasteiger partial charge >= 0.3 is 0 Å². The van der Waals surface area contributed by atoms with Crippen molar-refractivity contribution in [2.24, 2.45) is 0 Å². The van der Waals surface area contributed by atoms with E-state index in [-0.39, 0.29) is 0 Å². The Morgan fingerprint density at radius 3 is 1.13 bits per heavy atom. The largest absolute Gasteiger partial charge is 0.325 e. The summed E-state index contributed by atoms with van der Waals surface area (Å²) in [4.78, 5) is 0. The van der Waals surface area contributed by atoms with Crippen LogP contribution in [-0.2, 0) is 0 Å². The lowest BCUT2D eigenvalue weighted by molar-refractivity contribution is -0.254. The highest BCUT2D eigenvalue weighted by Gasteiger charge is 2.28. The zero-order chi connectivity index (χ0) is 21.1. The van der Waals surface area contributed by atoms with Gasteiger partial charge in [-0.1, -0.05) is 129 Å². The van der Waals surface area contributed by atoms with Crippen LogP contribution in [0.1, 0.15) is 19.8 Å². The fraction of sp³-hybridized carbons (Fsp3) is 0.143. The first-order valence-electron chi connectivity index (χ1n) is 11.0. The molecular weight excluding hydrogens is 361 g/mol. The van der Waals surface area contributed by atoms with Gasteiger partial charge in [0.2, 0.25) is 0 Å². The van der Waals surface area contributed by atoms with Crippen molar-refractivity contribution in [3.63, 3.8) is 0 Å².